The van der Waals surface area contributed by atoms with Crippen LogP contribution in [0.1, 0.15) is 12.6 Å². The van der Waals surface area contributed by atoms with Crippen LogP contribution >= 0.6 is 0 Å². The Balaban J connectivity index is 2.66. The van der Waals surface area contributed by atoms with Gasteiger partial charge in [-0.25, -0.2) is 9.50 Å². The highest BCUT2D eigenvalue weighted by atomic mass is 15.3. The molecule has 0 spiro atoms. The van der Waals surface area contributed by atoms with Gasteiger partial charge in [-0.3, -0.25) is 0 Å². The Bertz CT molecular complexity index is 404. The van der Waals surface area contributed by atoms with E-state index in [0.717, 1.165) is 17.8 Å². The highest BCUT2D eigenvalue weighted by Crippen LogP contribution is 2.05. The maximum Gasteiger partial charge on any atom is 0.157 e. The van der Waals surface area contributed by atoms with Crippen LogP contribution in [0.3, 0.4) is 0 Å². The van der Waals surface area contributed by atoms with Gasteiger partial charge in [0.25, 0.3) is 0 Å². The number of nitrogens with zero attached hydrogens (tertiary/aromatic N) is 3. The average Bonchev–Trinajstić information content (AvgIpc) is 2.43. The summed E-state index contributed by atoms with van der Waals surface area (Å²) in [6.45, 7) is 2.07. The molecule has 0 fully saturated rings. The zero-order chi connectivity index (χ0) is 8.55. The molecule has 0 bridgehead atoms. The van der Waals surface area contributed by atoms with Crippen LogP contribution in [-0.2, 0) is 6.42 Å². The minimum Gasteiger partial charge on any atom is -0.382 e. The van der Waals surface area contributed by atoms with E-state index in [1.807, 2.05) is 12.3 Å². The highest BCUT2D eigenvalue weighted by molar-refractivity contribution is 5.47. The predicted octanol–water partition coefficient (Wildman–Crippen LogP) is 0.874. The quantitative estimate of drug-likeness (QED) is 0.677. The fraction of sp³-hybridized carbons (Fsp3) is 0.250. The molecule has 2 N–H and O–H groups in total. The van der Waals surface area contributed by atoms with Crippen molar-refractivity contribution in [1.29, 1.82) is 0 Å². The minimum absolute atomic E-state index is 0.510. The smallest absolute Gasteiger partial charge is 0.157 e. The van der Waals surface area contributed by atoms with E-state index in [2.05, 4.69) is 17.0 Å². The summed E-state index contributed by atoms with van der Waals surface area (Å²) in [7, 11) is 0. The number of aromatic nitrogens is 3. The molecule has 2 heterocycles. The molecule has 0 unspecified atom stereocenters. The summed E-state index contributed by atoms with van der Waals surface area (Å²) in [5.41, 5.74) is 7.38. The van der Waals surface area contributed by atoms with Crippen molar-refractivity contribution in [2.45, 2.75) is 13.3 Å². The van der Waals surface area contributed by atoms with Crippen molar-refractivity contribution in [3.05, 3.63) is 24.0 Å². The molecule has 2 aromatic heterocycles. The Morgan fingerprint density at radius 3 is 3.17 bits per heavy atom. The molecule has 62 valence electrons. The Labute approximate surface area is 70.0 Å². The first-order chi connectivity index (χ1) is 5.79. The van der Waals surface area contributed by atoms with Gasteiger partial charge < -0.3 is 5.73 Å². The molecule has 12 heavy (non-hydrogen) atoms. The lowest BCUT2D eigenvalue weighted by molar-refractivity contribution is 0.916. The van der Waals surface area contributed by atoms with Gasteiger partial charge in [-0.2, -0.15) is 0 Å². The van der Waals surface area contributed by atoms with E-state index in [-0.39, 0.29) is 0 Å². The van der Waals surface area contributed by atoms with Crippen molar-refractivity contribution >= 4 is 11.5 Å². The van der Waals surface area contributed by atoms with Crippen molar-refractivity contribution in [3.63, 3.8) is 0 Å². The van der Waals surface area contributed by atoms with E-state index in [1.54, 1.807) is 10.6 Å². The normalized spacial score (nSPS) is 10.8. The summed E-state index contributed by atoms with van der Waals surface area (Å²) >= 11 is 0. The Hall–Kier alpha value is -1.58. The molecule has 0 radical (unpaired) electrons. The second-order valence-electron chi connectivity index (χ2n) is 2.64. The zero-order valence-electron chi connectivity index (χ0n) is 6.86. The van der Waals surface area contributed by atoms with Gasteiger partial charge in [-0.15, -0.1) is 5.10 Å². The summed E-state index contributed by atoms with van der Waals surface area (Å²) in [5.74, 6) is 0.510. The van der Waals surface area contributed by atoms with Crippen LogP contribution < -0.4 is 5.73 Å². The van der Waals surface area contributed by atoms with Gasteiger partial charge in [0.15, 0.2) is 5.65 Å². The van der Waals surface area contributed by atoms with Crippen molar-refractivity contribution in [2.24, 2.45) is 0 Å². The predicted molar refractivity (Wildman–Crippen MR) is 46.8 cm³/mol. The summed E-state index contributed by atoms with van der Waals surface area (Å²) in [6.07, 6.45) is 2.80. The van der Waals surface area contributed by atoms with Gasteiger partial charge in [0.2, 0.25) is 0 Å². The molecule has 0 aliphatic heterocycles. The Kier molecular flexibility index (Phi) is 1.46. The lowest BCUT2D eigenvalue weighted by Crippen LogP contribution is -1.93. The molecule has 0 aliphatic rings. The number of hydrogen-bond donors (Lipinski definition) is 1. The number of aryl methyl sites for hydroxylation is 1. The van der Waals surface area contributed by atoms with Crippen molar-refractivity contribution < 1.29 is 0 Å². The molecular formula is C8H10N4. The molecule has 2 aromatic rings. The third-order valence-corrected chi connectivity index (χ3v) is 1.76. The first-order valence-corrected chi connectivity index (χ1v) is 3.90. The number of nitrogen functional groups attached to an aromatic ring is 1. The SMILES string of the molecule is CCc1ccn2nc(N)cc2n1. The fourth-order valence-corrected chi connectivity index (χ4v) is 1.13. The van der Waals surface area contributed by atoms with E-state index < -0.39 is 0 Å². The topological polar surface area (TPSA) is 56.2 Å². The number of anilines is 1. The first kappa shape index (κ1) is 7.09. The Morgan fingerprint density at radius 1 is 1.58 bits per heavy atom. The lowest BCUT2D eigenvalue weighted by atomic mass is 10.3. The van der Waals surface area contributed by atoms with Gasteiger partial charge in [0.05, 0.1) is 0 Å². The van der Waals surface area contributed by atoms with Gasteiger partial charge >= 0.3 is 0 Å². The highest BCUT2D eigenvalue weighted by Gasteiger charge is 1.98. The third kappa shape index (κ3) is 1.01. The summed E-state index contributed by atoms with van der Waals surface area (Å²) < 4.78 is 1.68. The second-order valence-corrected chi connectivity index (χ2v) is 2.64. The van der Waals surface area contributed by atoms with E-state index in [0.29, 0.717) is 5.82 Å². The van der Waals surface area contributed by atoms with E-state index >= 15 is 0 Å². The molecule has 2 rings (SSSR count). The fourth-order valence-electron chi connectivity index (χ4n) is 1.13. The molecule has 0 aliphatic carbocycles. The Morgan fingerprint density at radius 2 is 2.42 bits per heavy atom. The van der Waals surface area contributed by atoms with Crippen LogP contribution in [0.5, 0.6) is 0 Å². The van der Waals surface area contributed by atoms with Crippen molar-refractivity contribution in [2.75, 3.05) is 5.73 Å². The maximum absolute atomic E-state index is 5.51. The average molecular weight is 162 g/mol. The lowest BCUT2D eigenvalue weighted by Gasteiger charge is -1.95. The molecule has 4 heteroatoms. The summed E-state index contributed by atoms with van der Waals surface area (Å²) in [5, 5.41) is 4.02. The van der Waals surface area contributed by atoms with Gasteiger partial charge in [0, 0.05) is 18.0 Å². The molecule has 4 nitrogen and oxygen atoms in total. The van der Waals surface area contributed by atoms with Gasteiger partial charge in [-0.05, 0) is 12.5 Å². The molecule has 0 aromatic carbocycles. The summed E-state index contributed by atoms with van der Waals surface area (Å²) in [4.78, 5) is 4.34. The van der Waals surface area contributed by atoms with Crippen LogP contribution in [0, 0.1) is 0 Å². The van der Waals surface area contributed by atoms with Crippen molar-refractivity contribution in [3.8, 4) is 0 Å². The molecule has 0 amide bonds. The molecule has 0 atom stereocenters. The van der Waals surface area contributed by atoms with Gasteiger partial charge in [-0.1, -0.05) is 6.92 Å². The largest absolute Gasteiger partial charge is 0.382 e. The molecule has 0 saturated heterocycles. The van der Waals surface area contributed by atoms with Crippen LogP contribution in [0.15, 0.2) is 18.3 Å². The molecular weight excluding hydrogens is 152 g/mol. The third-order valence-electron chi connectivity index (χ3n) is 1.76. The number of fused-ring (bicyclic) bond motifs is 1. The number of rotatable bonds is 1. The second kappa shape index (κ2) is 2.48. The van der Waals surface area contributed by atoms with Crippen LogP contribution in [0.25, 0.3) is 5.65 Å². The van der Waals surface area contributed by atoms with Crippen molar-refractivity contribution in [1.82, 2.24) is 14.6 Å². The monoisotopic (exact) mass is 162 g/mol. The maximum atomic E-state index is 5.51. The summed E-state index contributed by atoms with van der Waals surface area (Å²) in [6, 6.07) is 3.71. The molecule has 0 saturated carbocycles. The standard InChI is InChI=1S/C8H10N4/c1-2-6-3-4-12-8(10-6)5-7(9)11-12/h3-5H,2H2,1H3,(H2,9,11). The van der Waals surface area contributed by atoms with E-state index in [9.17, 15) is 0 Å². The number of hydrogen-bond acceptors (Lipinski definition) is 3. The number of nitrogens with two attached hydrogens (primary N) is 1. The zero-order valence-corrected chi connectivity index (χ0v) is 6.86. The minimum atomic E-state index is 0.510. The van der Waals surface area contributed by atoms with Gasteiger partial charge in [0.1, 0.15) is 5.82 Å². The van der Waals surface area contributed by atoms with Crippen LogP contribution in [-0.4, -0.2) is 14.6 Å². The first-order valence-electron chi connectivity index (χ1n) is 3.90. The van der Waals surface area contributed by atoms with E-state index in [1.165, 1.54) is 0 Å². The van der Waals surface area contributed by atoms with Crippen LogP contribution in [0.2, 0.25) is 0 Å². The van der Waals surface area contributed by atoms with E-state index in [4.69, 9.17) is 5.73 Å². The van der Waals surface area contributed by atoms with Crippen LogP contribution in [0.4, 0.5) is 5.82 Å².